The van der Waals surface area contributed by atoms with Gasteiger partial charge in [-0.2, -0.15) is 0 Å². The number of aliphatic hydroxyl groups is 1. The summed E-state index contributed by atoms with van der Waals surface area (Å²) in [5.41, 5.74) is 0.0421. The molecule has 0 amide bonds. The Bertz CT molecular complexity index is 394. The molecule has 1 atom stereocenters. The SMILES string of the molecule is CC(C)OCC(O)COc1cncc(C(=O)O)c1. The lowest BCUT2D eigenvalue weighted by Gasteiger charge is -2.14. The van der Waals surface area contributed by atoms with Crippen LogP contribution in [0.4, 0.5) is 0 Å². The van der Waals surface area contributed by atoms with Gasteiger partial charge in [0.15, 0.2) is 0 Å². The standard InChI is InChI=1S/C12H17NO5/c1-8(2)17-6-10(14)7-18-11-3-9(12(15)16)4-13-5-11/h3-5,8,10,14H,6-7H2,1-2H3,(H,15,16). The van der Waals surface area contributed by atoms with Crippen molar-refractivity contribution >= 4 is 5.97 Å². The van der Waals surface area contributed by atoms with Gasteiger partial charge in [0.2, 0.25) is 0 Å². The van der Waals surface area contributed by atoms with Gasteiger partial charge in [-0.05, 0) is 19.9 Å². The van der Waals surface area contributed by atoms with E-state index in [0.717, 1.165) is 0 Å². The monoisotopic (exact) mass is 255 g/mol. The van der Waals surface area contributed by atoms with Gasteiger partial charge in [-0.3, -0.25) is 4.98 Å². The minimum atomic E-state index is -1.07. The third-order valence-corrected chi connectivity index (χ3v) is 2.02. The lowest BCUT2D eigenvalue weighted by atomic mass is 10.3. The first kappa shape index (κ1) is 14.4. The summed E-state index contributed by atoms with van der Waals surface area (Å²) in [6, 6.07) is 1.35. The van der Waals surface area contributed by atoms with Gasteiger partial charge in [0, 0.05) is 6.20 Å². The number of ether oxygens (including phenoxy) is 2. The highest BCUT2D eigenvalue weighted by Gasteiger charge is 2.09. The van der Waals surface area contributed by atoms with Crippen molar-refractivity contribution in [2.24, 2.45) is 0 Å². The second kappa shape index (κ2) is 6.93. The summed E-state index contributed by atoms with van der Waals surface area (Å²) in [5.74, 6) is -0.768. The molecule has 1 aromatic rings. The number of pyridine rings is 1. The molecule has 0 aliphatic rings. The third-order valence-electron chi connectivity index (χ3n) is 2.02. The van der Waals surface area contributed by atoms with E-state index in [-0.39, 0.29) is 24.9 Å². The molecule has 0 aliphatic carbocycles. The predicted octanol–water partition coefficient (Wildman–Crippen LogP) is 0.944. The molecule has 1 aromatic heterocycles. The highest BCUT2D eigenvalue weighted by atomic mass is 16.5. The quantitative estimate of drug-likeness (QED) is 0.754. The average Bonchev–Trinajstić information content (AvgIpc) is 2.34. The van der Waals surface area contributed by atoms with Crippen LogP contribution < -0.4 is 4.74 Å². The van der Waals surface area contributed by atoms with Gasteiger partial charge in [-0.1, -0.05) is 0 Å². The molecule has 0 saturated carbocycles. The minimum absolute atomic E-state index is 0.0253. The molecular weight excluding hydrogens is 238 g/mol. The lowest BCUT2D eigenvalue weighted by Crippen LogP contribution is -2.25. The topological polar surface area (TPSA) is 88.9 Å². The van der Waals surface area contributed by atoms with Crippen molar-refractivity contribution in [2.45, 2.75) is 26.1 Å². The summed E-state index contributed by atoms with van der Waals surface area (Å²) in [6.45, 7) is 3.93. The Morgan fingerprint density at radius 3 is 2.72 bits per heavy atom. The van der Waals surface area contributed by atoms with Crippen molar-refractivity contribution in [1.29, 1.82) is 0 Å². The molecule has 0 fully saturated rings. The normalized spacial score (nSPS) is 12.4. The zero-order valence-corrected chi connectivity index (χ0v) is 10.4. The van der Waals surface area contributed by atoms with E-state index in [1.54, 1.807) is 0 Å². The summed E-state index contributed by atoms with van der Waals surface area (Å²) >= 11 is 0. The largest absolute Gasteiger partial charge is 0.489 e. The third kappa shape index (κ3) is 5.11. The van der Waals surface area contributed by atoms with Crippen LogP contribution in [0.2, 0.25) is 0 Å². The number of aromatic nitrogens is 1. The van der Waals surface area contributed by atoms with Crippen molar-refractivity contribution in [1.82, 2.24) is 4.98 Å². The molecular formula is C12H17NO5. The molecule has 0 radical (unpaired) electrons. The second-order valence-electron chi connectivity index (χ2n) is 4.06. The highest BCUT2D eigenvalue weighted by molar-refractivity contribution is 5.87. The van der Waals surface area contributed by atoms with Gasteiger partial charge in [0.1, 0.15) is 18.5 Å². The minimum Gasteiger partial charge on any atom is -0.489 e. The molecule has 0 bridgehead atoms. The molecule has 0 aromatic carbocycles. The Kier molecular flexibility index (Phi) is 5.54. The molecule has 1 heterocycles. The molecule has 0 saturated heterocycles. The Morgan fingerprint density at radius 1 is 1.39 bits per heavy atom. The van der Waals surface area contributed by atoms with E-state index >= 15 is 0 Å². The number of hydrogen-bond acceptors (Lipinski definition) is 5. The molecule has 18 heavy (non-hydrogen) atoms. The van der Waals surface area contributed by atoms with E-state index in [9.17, 15) is 9.90 Å². The number of aliphatic hydroxyl groups excluding tert-OH is 1. The number of nitrogens with zero attached hydrogens (tertiary/aromatic N) is 1. The Balaban J connectivity index is 2.43. The van der Waals surface area contributed by atoms with Crippen LogP contribution in [-0.4, -0.2) is 46.6 Å². The van der Waals surface area contributed by atoms with Gasteiger partial charge in [0.25, 0.3) is 0 Å². The van der Waals surface area contributed by atoms with Gasteiger partial charge < -0.3 is 19.7 Å². The average molecular weight is 255 g/mol. The van der Waals surface area contributed by atoms with Crippen LogP contribution in [-0.2, 0) is 4.74 Å². The van der Waals surface area contributed by atoms with Crippen LogP contribution in [0.15, 0.2) is 18.5 Å². The maximum absolute atomic E-state index is 10.7. The summed E-state index contributed by atoms with van der Waals surface area (Å²) < 4.78 is 10.4. The summed E-state index contributed by atoms with van der Waals surface area (Å²) in [7, 11) is 0. The van der Waals surface area contributed by atoms with Crippen LogP contribution in [0.3, 0.4) is 0 Å². The lowest BCUT2D eigenvalue weighted by molar-refractivity contribution is -0.0123. The Labute approximate surface area is 105 Å². The van der Waals surface area contributed by atoms with Gasteiger partial charge in [0.05, 0.1) is 24.5 Å². The van der Waals surface area contributed by atoms with Crippen LogP contribution in [0.25, 0.3) is 0 Å². The van der Waals surface area contributed by atoms with Gasteiger partial charge in [-0.25, -0.2) is 4.79 Å². The van der Waals surface area contributed by atoms with E-state index in [1.807, 2.05) is 13.8 Å². The maximum atomic E-state index is 10.7. The molecule has 0 aliphatic heterocycles. The number of rotatable bonds is 7. The summed E-state index contributed by atoms with van der Waals surface area (Å²) in [4.78, 5) is 14.4. The van der Waals surface area contributed by atoms with Crippen molar-refractivity contribution in [3.05, 3.63) is 24.0 Å². The van der Waals surface area contributed by atoms with Gasteiger partial charge >= 0.3 is 5.97 Å². The van der Waals surface area contributed by atoms with Gasteiger partial charge in [-0.15, -0.1) is 0 Å². The first-order valence-electron chi connectivity index (χ1n) is 5.60. The van der Waals surface area contributed by atoms with Crippen molar-refractivity contribution in [2.75, 3.05) is 13.2 Å². The highest BCUT2D eigenvalue weighted by Crippen LogP contribution is 2.11. The molecule has 6 nitrogen and oxygen atoms in total. The molecule has 100 valence electrons. The van der Waals surface area contributed by atoms with Crippen molar-refractivity contribution < 1.29 is 24.5 Å². The number of hydrogen-bond donors (Lipinski definition) is 2. The summed E-state index contributed by atoms with van der Waals surface area (Å²) in [6.07, 6.45) is 1.90. The molecule has 1 rings (SSSR count). The van der Waals surface area contributed by atoms with Crippen LogP contribution in [0.1, 0.15) is 24.2 Å². The Morgan fingerprint density at radius 2 is 2.11 bits per heavy atom. The van der Waals surface area contributed by atoms with Crippen LogP contribution >= 0.6 is 0 Å². The number of aromatic carboxylic acids is 1. The van der Waals surface area contributed by atoms with Crippen molar-refractivity contribution in [3.63, 3.8) is 0 Å². The predicted molar refractivity (Wildman–Crippen MR) is 63.8 cm³/mol. The fraction of sp³-hybridized carbons (Fsp3) is 0.500. The zero-order valence-electron chi connectivity index (χ0n) is 10.4. The van der Waals surface area contributed by atoms with E-state index < -0.39 is 12.1 Å². The van der Waals surface area contributed by atoms with Crippen LogP contribution in [0.5, 0.6) is 5.75 Å². The first-order valence-corrected chi connectivity index (χ1v) is 5.60. The number of carboxylic acids is 1. The zero-order chi connectivity index (χ0) is 13.5. The maximum Gasteiger partial charge on any atom is 0.337 e. The van der Waals surface area contributed by atoms with E-state index in [4.69, 9.17) is 14.6 Å². The smallest absolute Gasteiger partial charge is 0.337 e. The van der Waals surface area contributed by atoms with E-state index in [1.165, 1.54) is 18.5 Å². The fourth-order valence-corrected chi connectivity index (χ4v) is 1.16. The summed E-state index contributed by atoms with van der Waals surface area (Å²) in [5, 5.41) is 18.3. The second-order valence-corrected chi connectivity index (χ2v) is 4.06. The molecule has 2 N–H and O–H groups in total. The first-order chi connectivity index (χ1) is 8.49. The van der Waals surface area contributed by atoms with E-state index in [0.29, 0.717) is 5.75 Å². The molecule has 1 unspecified atom stereocenters. The number of carbonyl (C=O) groups is 1. The Hall–Kier alpha value is -1.66. The fourth-order valence-electron chi connectivity index (χ4n) is 1.16. The molecule has 6 heteroatoms. The van der Waals surface area contributed by atoms with Crippen molar-refractivity contribution in [3.8, 4) is 5.75 Å². The van der Waals surface area contributed by atoms with Crippen LogP contribution in [0, 0.1) is 0 Å². The molecule has 0 spiro atoms. The number of carboxylic acid groups (broad SMARTS) is 1. The van der Waals surface area contributed by atoms with E-state index in [2.05, 4.69) is 4.98 Å².